The van der Waals surface area contributed by atoms with Crippen molar-refractivity contribution < 1.29 is 9.53 Å². The number of carbonyl (C=O) groups excluding carboxylic acids is 1. The Hall–Kier alpha value is -2.86. The van der Waals surface area contributed by atoms with E-state index >= 15 is 0 Å². The fourth-order valence-electron chi connectivity index (χ4n) is 3.13. The zero-order valence-electron chi connectivity index (χ0n) is 16.7. The van der Waals surface area contributed by atoms with E-state index in [-0.39, 0.29) is 5.91 Å². The van der Waals surface area contributed by atoms with Gasteiger partial charge in [-0.05, 0) is 37.4 Å². The summed E-state index contributed by atoms with van der Waals surface area (Å²) in [5.74, 6) is 0.747. The Balaban J connectivity index is 1.85. The molecule has 0 saturated heterocycles. The van der Waals surface area contributed by atoms with Crippen LogP contribution >= 0.6 is 11.3 Å². The topological polar surface area (TPSA) is 47.4 Å². The average molecular weight is 396 g/mol. The Labute approximate surface area is 169 Å². The molecule has 5 nitrogen and oxygen atoms in total. The summed E-state index contributed by atoms with van der Waals surface area (Å²) in [7, 11) is 3.56. The van der Waals surface area contributed by atoms with Crippen LogP contribution in [0.4, 0.5) is 0 Å². The number of methoxy groups -OCH3 is 1. The van der Waals surface area contributed by atoms with Crippen molar-refractivity contribution >= 4 is 23.3 Å². The van der Waals surface area contributed by atoms with Gasteiger partial charge in [-0.25, -0.2) is 0 Å². The van der Waals surface area contributed by atoms with Crippen LogP contribution in [-0.4, -0.2) is 27.7 Å². The number of aryl methyl sites for hydroxylation is 2. The van der Waals surface area contributed by atoms with Crippen LogP contribution in [0.1, 0.15) is 27.4 Å². The van der Waals surface area contributed by atoms with Gasteiger partial charge in [0.05, 0.1) is 19.3 Å². The van der Waals surface area contributed by atoms with E-state index < -0.39 is 0 Å². The Morgan fingerprint density at radius 2 is 2.00 bits per heavy atom. The van der Waals surface area contributed by atoms with E-state index in [4.69, 9.17) is 4.74 Å². The van der Waals surface area contributed by atoms with Gasteiger partial charge in [0.25, 0.3) is 0 Å². The highest BCUT2D eigenvalue weighted by molar-refractivity contribution is 7.09. The highest BCUT2D eigenvalue weighted by atomic mass is 32.1. The smallest absolute Gasteiger partial charge is 0.247 e. The number of carbonyl (C=O) groups is 1. The van der Waals surface area contributed by atoms with Gasteiger partial charge in [-0.1, -0.05) is 24.3 Å². The average Bonchev–Trinajstić information content (AvgIpc) is 3.28. The summed E-state index contributed by atoms with van der Waals surface area (Å²) < 4.78 is 7.29. The van der Waals surface area contributed by atoms with Gasteiger partial charge in [0.2, 0.25) is 5.91 Å². The normalized spacial score (nSPS) is 11.1. The molecule has 2 aromatic heterocycles. The van der Waals surface area contributed by atoms with Crippen LogP contribution in [0.3, 0.4) is 0 Å². The molecule has 3 rings (SSSR count). The van der Waals surface area contributed by atoms with Crippen LogP contribution in [0.25, 0.3) is 6.08 Å². The molecule has 6 heteroatoms. The molecule has 1 aromatic carbocycles. The molecule has 0 spiro atoms. The summed E-state index contributed by atoms with van der Waals surface area (Å²) >= 11 is 1.65. The Morgan fingerprint density at radius 3 is 2.64 bits per heavy atom. The van der Waals surface area contributed by atoms with Crippen molar-refractivity contribution in [3.05, 3.63) is 75.2 Å². The molecule has 1 amide bonds. The van der Waals surface area contributed by atoms with Gasteiger partial charge in [0.1, 0.15) is 5.75 Å². The lowest BCUT2D eigenvalue weighted by Crippen LogP contribution is -2.28. The van der Waals surface area contributed by atoms with Crippen molar-refractivity contribution in [3.8, 4) is 5.75 Å². The lowest BCUT2D eigenvalue weighted by atomic mass is 10.1. The van der Waals surface area contributed by atoms with E-state index in [1.165, 1.54) is 0 Å². The summed E-state index contributed by atoms with van der Waals surface area (Å²) in [6.45, 7) is 5.00. The highest BCUT2D eigenvalue weighted by Crippen LogP contribution is 2.22. The summed E-state index contributed by atoms with van der Waals surface area (Å²) in [6.07, 6.45) is 3.50. The first-order valence-corrected chi connectivity index (χ1v) is 9.99. The molecule has 0 radical (unpaired) electrons. The van der Waals surface area contributed by atoms with Crippen molar-refractivity contribution in [2.24, 2.45) is 7.05 Å². The van der Waals surface area contributed by atoms with E-state index in [0.717, 1.165) is 33.1 Å². The van der Waals surface area contributed by atoms with Crippen LogP contribution in [0.5, 0.6) is 5.75 Å². The van der Waals surface area contributed by atoms with E-state index in [1.54, 1.807) is 24.5 Å². The van der Waals surface area contributed by atoms with Crippen molar-refractivity contribution in [2.75, 3.05) is 7.11 Å². The number of nitrogens with zero attached hydrogens (tertiary/aromatic N) is 3. The Morgan fingerprint density at radius 1 is 1.21 bits per heavy atom. The third kappa shape index (κ3) is 4.51. The molecule has 0 N–H and O–H groups in total. The maximum atomic E-state index is 13.1. The standard InChI is InChI=1S/C22H25N3O2S/c1-16-20(17(2)24(3)23-16)11-12-22(26)25(15-19-9-7-13-28-19)14-18-8-5-6-10-21(18)27-4/h5-13H,14-15H2,1-4H3. The summed E-state index contributed by atoms with van der Waals surface area (Å²) in [5.41, 5.74) is 3.93. The predicted molar refractivity (Wildman–Crippen MR) is 113 cm³/mol. The van der Waals surface area contributed by atoms with Gasteiger partial charge in [0, 0.05) is 41.4 Å². The SMILES string of the molecule is COc1ccccc1CN(Cc1cccs1)C(=O)C=Cc1c(C)nn(C)c1C. The molecule has 0 aliphatic heterocycles. The maximum Gasteiger partial charge on any atom is 0.247 e. The Kier molecular flexibility index (Phi) is 6.31. The number of hydrogen-bond donors (Lipinski definition) is 0. The quantitative estimate of drug-likeness (QED) is 0.559. The van der Waals surface area contributed by atoms with Gasteiger partial charge in [-0.2, -0.15) is 5.10 Å². The van der Waals surface area contributed by atoms with E-state index in [9.17, 15) is 4.79 Å². The third-order valence-corrected chi connectivity index (χ3v) is 5.61. The zero-order valence-corrected chi connectivity index (χ0v) is 17.5. The second-order valence-corrected chi connectivity index (χ2v) is 7.66. The van der Waals surface area contributed by atoms with Gasteiger partial charge in [0.15, 0.2) is 0 Å². The summed E-state index contributed by atoms with van der Waals surface area (Å²) in [4.78, 5) is 16.0. The number of para-hydroxylation sites is 1. The first-order valence-electron chi connectivity index (χ1n) is 9.11. The van der Waals surface area contributed by atoms with E-state index in [2.05, 4.69) is 5.10 Å². The van der Waals surface area contributed by atoms with Gasteiger partial charge in [-0.3, -0.25) is 9.48 Å². The molecule has 0 unspecified atom stereocenters. The summed E-state index contributed by atoms with van der Waals surface area (Å²) in [6, 6.07) is 11.9. The van der Waals surface area contributed by atoms with Crippen LogP contribution < -0.4 is 4.74 Å². The minimum atomic E-state index is -0.0399. The van der Waals surface area contributed by atoms with E-state index in [1.807, 2.05) is 78.3 Å². The highest BCUT2D eigenvalue weighted by Gasteiger charge is 2.16. The van der Waals surface area contributed by atoms with Gasteiger partial charge in [-0.15, -0.1) is 11.3 Å². The number of hydrogen-bond acceptors (Lipinski definition) is 4. The van der Waals surface area contributed by atoms with Gasteiger partial charge < -0.3 is 9.64 Å². The van der Waals surface area contributed by atoms with Crippen molar-refractivity contribution in [1.29, 1.82) is 0 Å². The zero-order chi connectivity index (χ0) is 20.1. The number of aromatic nitrogens is 2. The second kappa shape index (κ2) is 8.89. The molecule has 0 saturated carbocycles. The van der Waals surface area contributed by atoms with Gasteiger partial charge >= 0.3 is 0 Å². The lowest BCUT2D eigenvalue weighted by molar-refractivity contribution is -0.127. The fourth-order valence-corrected chi connectivity index (χ4v) is 3.85. The molecule has 0 aliphatic rings. The predicted octanol–water partition coefficient (Wildman–Crippen LogP) is 4.35. The number of benzene rings is 1. The lowest BCUT2D eigenvalue weighted by Gasteiger charge is -2.22. The number of amides is 1. The van der Waals surface area contributed by atoms with Crippen LogP contribution in [0.15, 0.2) is 47.9 Å². The Bertz CT molecular complexity index is 974. The second-order valence-electron chi connectivity index (χ2n) is 6.63. The van der Waals surface area contributed by atoms with Crippen LogP contribution in [0.2, 0.25) is 0 Å². The minimum Gasteiger partial charge on any atom is -0.496 e. The molecule has 0 fully saturated rings. The molecule has 0 aliphatic carbocycles. The van der Waals surface area contributed by atoms with Crippen molar-refractivity contribution in [2.45, 2.75) is 26.9 Å². The number of thiophene rings is 1. The fraction of sp³-hybridized carbons (Fsp3) is 0.273. The minimum absolute atomic E-state index is 0.0399. The largest absolute Gasteiger partial charge is 0.496 e. The molecule has 3 aromatic rings. The summed E-state index contributed by atoms with van der Waals surface area (Å²) in [5, 5.41) is 6.44. The molecule has 0 bridgehead atoms. The maximum absolute atomic E-state index is 13.1. The molecule has 0 atom stereocenters. The molecular weight excluding hydrogens is 370 g/mol. The molecule has 2 heterocycles. The van der Waals surface area contributed by atoms with Crippen molar-refractivity contribution in [3.63, 3.8) is 0 Å². The van der Waals surface area contributed by atoms with Crippen LogP contribution in [0, 0.1) is 13.8 Å². The van der Waals surface area contributed by atoms with Crippen LogP contribution in [-0.2, 0) is 24.9 Å². The van der Waals surface area contributed by atoms with Crippen molar-refractivity contribution in [1.82, 2.24) is 14.7 Å². The number of rotatable bonds is 7. The number of ether oxygens (including phenoxy) is 1. The van der Waals surface area contributed by atoms with E-state index in [0.29, 0.717) is 13.1 Å². The molecule has 28 heavy (non-hydrogen) atoms. The molecular formula is C22H25N3O2S. The third-order valence-electron chi connectivity index (χ3n) is 4.75. The molecule has 146 valence electrons. The monoisotopic (exact) mass is 395 g/mol. The first-order chi connectivity index (χ1) is 13.5. The first kappa shape index (κ1) is 19.9.